The van der Waals surface area contributed by atoms with Crippen molar-refractivity contribution in [3.05, 3.63) is 130 Å². The first-order valence-electron chi connectivity index (χ1n) is 14.8. The van der Waals surface area contributed by atoms with Crippen LogP contribution in [0.25, 0.3) is 0 Å². The van der Waals surface area contributed by atoms with Gasteiger partial charge in [-0.3, -0.25) is 9.59 Å². The van der Waals surface area contributed by atoms with Gasteiger partial charge in [0.05, 0.1) is 23.8 Å². The number of carbonyl (C=O) groups excluding carboxylic acids is 2. The van der Waals surface area contributed by atoms with E-state index in [9.17, 15) is 9.59 Å². The molecule has 2 aliphatic rings. The minimum absolute atomic E-state index is 0.0636. The van der Waals surface area contributed by atoms with Crippen LogP contribution in [0.5, 0.6) is 0 Å². The first-order valence-corrected chi connectivity index (χ1v) is 14.8. The normalized spacial score (nSPS) is 15.1. The molecule has 0 N–H and O–H groups in total. The summed E-state index contributed by atoms with van der Waals surface area (Å²) in [5, 5.41) is 17.0. The third kappa shape index (κ3) is 9.20. The minimum atomic E-state index is -0.228. The van der Waals surface area contributed by atoms with Gasteiger partial charge in [-0.05, 0) is 121 Å². The Hall–Kier alpha value is -4.58. The molecule has 0 bridgehead atoms. The molecule has 0 atom stereocenters. The molecule has 2 aromatic rings. The first kappa shape index (κ1) is 34.6. The number of hydrogen-bond acceptors (Lipinski definition) is 6. The number of azo groups is 2. The van der Waals surface area contributed by atoms with E-state index >= 15 is 0 Å². The average Bonchev–Trinajstić information content (AvgIpc) is 3.01. The molecule has 4 rings (SSSR count). The van der Waals surface area contributed by atoms with Crippen molar-refractivity contribution in [2.45, 2.75) is 74.7 Å². The Morgan fingerprint density at radius 3 is 1.07 bits per heavy atom. The molecule has 6 nitrogen and oxygen atoms in total. The Morgan fingerprint density at radius 2 is 0.791 bits per heavy atom. The molecule has 0 unspecified atom stereocenters. The van der Waals surface area contributed by atoms with Gasteiger partial charge in [-0.15, -0.1) is 0 Å². The van der Waals surface area contributed by atoms with E-state index in [0.717, 1.165) is 33.6 Å². The molecule has 0 saturated carbocycles. The second-order valence-electron chi connectivity index (χ2n) is 10.4. The van der Waals surface area contributed by atoms with Gasteiger partial charge in [0.1, 0.15) is 0 Å². The number of Topliss-reactive ketones (excluding diaryl/α,β-unsaturated/α-hetero) is 2. The zero-order valence-electron chi connectivity index (χ0n) is 27.2. The van der Waals surface area contributed by atoms with Gasteiger partial charge in [-0.1, -0.05) is 65.8 Å². The predicted molar refractivity (Wildman–Crippen MR) is 178 cm³/mol. The Balaban J connectivity index is 0.00000155. The van der Waals surface area contributed by atoms with Crippen LogP contribution in [0, 0.1) is 0 Å². The van der Waals surface area contributed by atoms with Gasteiger partial charge in [0.15, 0.2) is 11.6 Å². The highest BCUT2D eigenvalue weighted by molar-refractivity contribution is 6.10. The van der Waals surface area contributed by atoms with Crippen molar-refractivity contribution in [3.8, 4) is 0 Å². The number of nitrogens with zero attached hydrogens (tertiary/aromatic N) is 4. The lowest BCUT2D eigenvalue weighted by Crippen LogP contribution is -2.18. The molecule has 0 aliphatic heterocycles. The Morgan fingerprint density at radius 1 is 0.512 bits per heavy atom. The van der Waals surface area contributed by atoms with Gasteiger partial charge in [0.2, 0.25) is 0 Å². The zero-order valence-corrected chi connectivity index (χ0v) is 27.2. The van der Waals surface area contributed by atoms with Crippen molar-refractivity contribution >= 4 is 22.9 Å². The van der Waals surface area contributed by atoms with Gasteiger partial charge in [0, 0.05) is 5.41 Å². The molecule has 2 aliphatic carbocycles. The smallest absolute Gasteiger partial charge is 0.184 e. The maximum atomic E-state index is 11.9. The van der Waals surface area contributed by atoms with Crippen LogP contribution in [0.2, 0.25) is 0 Å². The summed E-state index contributed by atoms with van der Waals surface area (Å²) in [6.07, 6.45) is 10.6. The Labute approximate surface area is 257 Å². The summed E-state index contributed by atoms with van der Waals surface area (Å²) in [5.74, 6) is 0.127. The van der Waals surface area contributed by atoms with Gasteiger partial charge in [-0.2, -0.15) is 20.5 Å². The topological polar surface area (TPSA) is 83.6 Å². The fourth-order valence-electron chi connectivity index (χ4n) is 4.50. The molecule has 43 heavy (non-hydrogen) atoms. The summed E-state index contributed by atoms with van der Waals surface area (Å²) in [6.45, 7) is 19.6. The second-order valence-corrected chi connectivity index (χ2v) is 10.4. The summed E-state index contributed by atoms with van der Waals surface area (Å²) in [4.78, 5) is 23.8. The fourth-order valence-corrected chi connectivity index (χ4v) is 4.50. The third-order valence-electron chi connectivity index (χ3n) is 6.90. The molecule has 0 amide bonds. The fraction of sp³-hybridized carbons (Fsp3) is 0.297. The number of rotatable bonds is 6. The summed E-state index contributed by atoms with van der Waals surface area (Å²) < 4.78 is 0. The zero-order chi connectivity index (χ0) is 32.2. The lowest BCUT2D eigenvalue weighted by molar-refractivity contribution is -0.113. The van der Waals surface area contributed by atoms with Crippen molar-refractivity contribution in [1.29, 1.82) is 0 Å². The molecule has 0 saturated heterocycles. The minimum Gasteiger partial charge on any atom is -0.289 e. The van der Waals surface area contributed by atoms with Crippen molar-refractivity contribution in [3.63, 3.8) is 0 Å². The molecular formula is C37H44N4O2. The van der Waals surface area contributed by atoms with E-state index < -0.39 is 0 Å². The number of ketones is 2. The van der Waals surface area contributed by atoms with Gasteiger partial charge in [-0.25, -0.2) is 0 Å². The lowest BCUT2D eigenvalue weighted by Gasteiger charge is -2.26. The van der Waals surface area contributed by atoms with E-state index in [-0.39, 0.29) is 17.0 Å². The molecule has 2 aromatic carbocycles. The van der Waals surface area contributed by atoms with Crippen molar-refractivity contribution in [1.82, 2.24) is 0 Å². The van der Waals surface area contributed by atoms with Crippen LogP contribution >= 0.6 is 0 Å². The first-order chi connectivity index (χ1) is 20.5. The second kappa shape index (κ2) is 16.2. The maximum Gasteiger partial charge on any atom is 0.184 e. The van der Waals surface area contributed by atoms with Crippen LogP contribution in [0.1, 0.15) is 80.4 Å². The maximum absolute atomic E-state index is 11.9. The molecule has 6 heteroatoms. The molecule has 0 radical (unpaired) electrons. The highest BCUT2D eigenvalue weighted by Crippen LogP contribution is 2.33. The van der Waals surface area contributed by atoms with Gasteiger partial charge >= 0.3 is 0 Å². The van der Waals surface area contributed by atoms with E-state index in [2.05, 4.69) is 58.6 Å². The van der Waals surface area contributed by atoms with E-state index in [4.69, 9.17) is 0 Å². The number of allylic oxidation sites excluding steroid dienone is 10. The van der Waals surface area contributed by atoms with Crippen LogP contribution in [-0.2, 0) is 15.0 Å². The number of benzene rings is 2. The predicted octanol–water partition coefficient (Wildman–Crippen LogP) is 11.0. The average molecular weight is 577 g/mol. The van der Waals surface area contributed by atoms with Gasteiger partial charge in [0.25, 0.3) is 0 Å². The molecule has 0 aromatic heterocycles. The van der Waals surface area contributed by atoms with Crippen molar-refractivity contribution in [2.24, 2.45) is 20.5 Å². The van der Waals surface area contributed by atoms with Crippen LogP contribution in [0.3, 0.4) is 0 Å². The SMILES string of the molecule is CC.CC.CC1=CC(=CN=Nc2ccc(C(C)(C)c3ccc(N=NC=C4C=C(C)C(=O)C(C)=C4)cc3)cc2)C=C(C)C1=O. The largest absolute Gasteiger partial charge is 0.289 e. The number of carbonyl (C=O) groups is 2. The molecular weight excluding hydrogens is 532 g/mol. The highest BCUT2D eigenvalue weighted by Gasteiger charge is 2.23. The lowest BCUT2D eigenvalue weighted by atomic mass is 9.78. The number of hydrogen-bond donors (Lipinski definition) is 0. The van der Waals surface area contributed by atoms with Crippen molar-refractivity contribution in [2.75, 3.05) is 0 Å². The summed E-state index contributed by atoms with van der Waals surface area (Å²) in [7, 11) is 0. The van der Waals surface area contributed by atoms with E-state index in [1.807, 2.05) is 76.3 Å². The Kier molecular flexibility index (Phi) is 13.0. The summed E-state index contributed by atoms with van der Waals surface area (Å²) in [5.41, 5.74) is 8.10. The molecule has 0 fully saturated rings. The van der Waals surface area contributed by atoms with E-state index in [1.165, 1.54) is 0 Å². The third-order valence-corrected chi connectivity index (χ3v) is 6.90. The van der Waals surface area contributed by atoms with Crippen molar-refractivity contribution < 1.29 is 9.59 Å². The van der Waals surface area contributed by atoms with Crippen LogP contribution in [0.4, 0.5) is 11.4 Å². The quantitative estimate of drug-likeness (QED) is 0.320. The molecule has 0 heterocycles. The van der Waals surface area contributed by atoms with Crippen LogP contribution in [0.15, 0.2) is 139 Å². The van der Waals surface area contributed by atoms with E-state index in [1.54, 1.807) is 40.1 Å². The summed E-state index contributed by atoms with van der Waals surface area (Å²) >= 11 is 0. The standard InChI is InChI=1S/C33H32N4O2.2C2H6/c1-21-15-25(16-22(2)31(21)38)19-34-36-29-11-7-27(8-12-29)33(5,6)28-9-13-30(14-10-28)37-35-20-26-17-23(3)32(39)24(4)18-26;2*1-2/h7-20H,1-6H3;2*1-2H3. The molecule has 0 spiro atoms. The van der Waals surface area contributed by atoms with Crippen LogP contribution in [-0.4, -0.2) is 11.6 Å². The van der Waals surface area contributed by atoms with E-state index in [0.29, 0.717) is 22.3 Å². The monoisotopic (exact) mass is 576 g/mol. The Bertz CT molecular complexity index is 1390. The van der Waals surface area contributed by atoms with Crippen LogP contribution < -0.4 is 0 Å². The van der Waals surface area contributed by atoms with Gasteiger partial charge < -0.3 is 0 Å². The summed E-state index contributed by atoms with van der Waals surface area (Å²) in [6, 6.07) is 16.1. The molecule has 224 valence electrons. The highest BCUT2D eigenvalue weighted by atomic mass is 16.1.